The Morgan fingerprint density at radius 1 is 1.46 bits per heavy atom. The van der Waals surface area contributed by atoms with Crippen LogP contribution in [0.5, 0.6) is 0 Å². The lowest BCUT2D eigenvalue weighted by Gasteiger charge is -2.02. The Morgan fingerprint density at radius 2 is 2.08 bits per heavy atom. The molecule has 1 nitrogen and oxygen atoms in total. The summed E-state index contributed by atoms with van der Waals surface area (Å²) in [6, 6.07) is 0. The molecule has 0 heterocycles. The van der Waals surface area contributed by atoms with E-state index >= 15 is 0 Å². The number of aliphatic imine (C=N–C) groups is 1. The Morgan fingerprint density at radius 3 is 2.54 bits per heavy atom. The molecule has 0 N–H and O–H groups in total. The minimum atomic E-state index is 0.624. The summed E-state index contributed by atoms with van der Waals surface area (Å²) < 4.78 is 0. The SMILES string of the molecule is C=CC1=C(N=CC)C(C)CC1.CC. The maximum absolute atomic E-state index is 4.34. The fourth-order valence-electron chi connectivity index (χ4n) is 1.51. The first kappa shape index (κ1) is 12.2. The zero-order valence-corrected chi connectivity index (χ0v) is 9.30. The Bertz CT molecular complexity index is 211. The summed E-state index contributed by atoms with van der Waals surface area (Å²) in [6.07, 6.45) is 6.18. The molecule has 0 saturated carbocycles. The van der Waals surface area contributed by atoms with Crippen molar-refractivity contribution < 1.29 is 0 Å². The van der Waals surface area contributed by atoms with Crippen LogP contribution in [-0.4, -0.2) is 6.21 Å². The zero-order valence-electron chi connectivity index (χ0n) is 9.30. The lowest BCUT2D eigenvalue weighted by atomic mass is 10.1. The van der Waals surface area contributed by atoms with Crippen LogP contribution in [0.1, 0.15) is 40.5 Å². The molecule has 1 atom stereocenters. The third kappa shape index (κ3) is 3.17. The van der Waals surface area contributed by atoms with Crippen LogP contribution in [-0.2, 0) is 0 Å². The zero-order chi connectivity index (χ0) is 10.3. The summed E-state index contributed by atoms with van der Waals surface area (Å²) in [5, 5.41) is 0. The standard InChI is InChI=1S/C10H15N.C2H6/c1-4-9-7-6-8(3)10(9)11-5-2;1-2/h4-5,8H,1,6-7H2,2-3H3;1-2H3. The number of nitrogens with zero attached hydrogens (tertiary/aromatic N) is 1. The van der Waals surface area contributed by atoms with E-state index in [0.29, 0.717) is 5.92 Å². The fourth-order valence-corrected chi connectivity index (χ4v) is 1.51. The van der Waals surface area contributed by atoms with E-state index in [0.717, 1.165) is 6.42 Å². The van der Waals surface area contributed by atoms with Crippen molar-refractivity contribution in [3.63, 3.8) is 0 Å². The maximum atomic E-state index is 4.34. The van der Waals surface area contributed by atoms with E-state index in [9.17, 15) is 0 Å². The normalized spacial score (nSPS) is 21.7. The van der Waals surface area contributed by atoms with Gasteiger partial charge in [0.25, 0.3) is 0 Å². The predicted octanol–water partition coefficient (Wildman–Crippen LogP) is 3.97. The summed E-state index contributed by atoms with van der Waals surface area (Å²) in [6.45, 7) is 12.0. The molecule has 0 aliphatic heterocycles. The van der Waals surface area contributed by atoms with Crippen LogP contribution in [0.25, 0.3) is 0 Å². The molecule has 0 amide bonds. The van der Waals surface area contributed by atoms with Crippen LogP contribution in [0.3, 0.4) is 0 Å². The van der Waals surface area contributed by atoms with Gasteiger partial charge in [0.2, 0.25) is 0 Å². The van der Waals surface area contributed by atoms with Crippen molar-refractivity contribution in [3.05, 3.63) is 23.9 Å². The van der Waals surface area contributed by atoms with E-state index in [-0.39, 0.29) is 0 Å². The van der Waals surface area contributed by atoms with Gasteiger partial charge in [0.1, 0.15) is 0 Å². The topological polar surface area (TPSA) is 12.4 Å². The quantitative estimate of drug-likeness (QED) is 0.569. The lowest BCUT2D eigenvalue weighted by molar-refractivity contribution is 0.664. The Kier molecular flexibility index (Phi) is 6.21. The van der Waals surface area contributed by atoms with E-state index in [1.54, 1.807) is 0 Å². The van der Waals surface area contributed by atoms with Crippen molar-refractivity contribution >= 4 is 6.21 Å². The second kappa shape index (κ2) is 6.64. The van der Waals surface area contributed by atoms with Crippen LogP contribution in [0, 0.1) is 5.92 Å². The van der Waals surface area contributed by atoms with Crippen molar-refractivity contribution in [1.29, 1.82) is 0 Å². The monoisotopic (exact) mass is 179 g/mol. The highest BCUT2D eigenvalue weighted by Crippen LogP contribution is 2.32. The van der Waals surface area contributed by atoms with Crippen molar-refractivity contribution in [1.82, 2.24) is 0 Å². The van der Waals surface area contributed by atoms with Crippen molar-refractivity contribution in [2.24, 2.45) is 10.9 Å². The number of hydrogen-bond donors (Lipinski definition) is 0. The molecule has 1 rings (SSSR count). The average Bonchev–Trinajstić information content (AvgIpc) is 2.52. The van der Waals surface area contributed by atoms with Gasteiger partial charge in [-0.3, -0.25) is 4.99 Å². The first-order valence-electron chi connectivity index (χ1n) is 5.13. The largest absolute Gasteiger partial charge is 0.265 e. The molecule has 1 aliphatic rings. The molecule has 0 fully saturated rings. The van der Waals surface area contributed by atoms with Gasteiger partial charge in [-0.1, -0.05) is 33.4 Å². The molecule has 1 heteroatoms. The summed E-state index contributed by atoms with van der Waals surface area (Å²) in [5.41, 5.74) is 2.57. The Hall–Kier alpha value is -0.850. The molecule has 74 valence electrons. The Balaban J connectivity index is 0.000000671. The molecule has 0 aromatic carbocycles. The van der Waals surface area contributed by atoms with Crippen molar-refractivity contribution in [2.45, 2.75) is 40.5 Å². The smallest absolute Gasteiger partial charge is 0.0459 e. The third-order valence-electron chi connectivity index (χ3n) is 2.16. The highest BCUT2D eigenvalue weighted by Gasteiger charge is 2.18. The van der Waals surface area contributed by atoms with Crippen LogP contribution in [0.2, 0.25) is 0 Å². The van der Waals surface area contributed by atoms with Gasteiger partial charge >= 0.3 is 0 Å². The summed E-state index contributed by atoms with van der Waals surface area (Å²) in [4.78, 5) is 4.34. The highest BCUT2D eigenvalue weighted by atomic mass is 14.7. The molecule has 13 heavy (non-hydrogen) atoms. The first-order chi connectivity index (χ1) is 6.29. The van der Waals surface area contributed by atoms with E-state index < -0.39 is 0 Å². The van der Waals surface area contributed by atoms with Gasteiger partial charge in [0, 0.05) is 11.9 Å². The lowest BCUT2D eigenvalue weighted by Crippen LogP contribution is -1.89. The van der Waals surface area contributed by atoms with Gasteiger partial charge < -0.3 is 0 Å². The summed E-state index contributed by atoms with van der Waals surface area (Å²) >= 11 is 0. The van der Waals surface area contributed by atoms with Crippen molar-refractivity contribution in [2.75, 3.05) is 0 Å². The first-order valence-corrected chi connectivity index (χ1v) is 5.13. The molecule has 0 radical (unpaired) electrons. The average molecular weight is 179 g/mol. The second-order valence-electron chi connectivity index (χ2n) is 2.94. The molecule has 0 saturated heterocycles. The van der Waals surface area contributed by atoms with Crippen LogP contribution >= 0.6 is 0 Å². The minimum absolute atomic E-state index is 0.624. The summed E-state index contributed by atoms with van der Waals surface area (Å²) in [7, 11) is 0. The van der Waals surface area contributed by atoms with Gasteiger partial charge in [0.05, 0.1) is 0 Å². The van der Waals surface area contributed by atoms with Gasteiger partial charge in [-0.15, -0.1) is 0 Å². The van der Waals surface area contributed by atoms with E-state index in [2.05, 4.69) is 18.5 Å². The van der Waals surface area contributed by atoms with Gasteiger partial charge in [-0.2, -0.15) is 0 Å². The number of hydrogen-bond acceptors (Lipinski definition) is 1. The third-order valence-corrected chi connectivity index (χ3v) is 2.16. The highest BCUT2D eigenvalue weighted by molar-refractivity contribution is 5.56. The molecular weight excluding hydrogens is 158 g/mol. The van der Waals surface area contributed by atoms with E-state index in [1.807, 2.05) is 33.1 Å². The Labute approximate surface area is 82.3 Å². The molecule has 0 aromatic rings. The summed E-state index contributed by atoms with van der Waals surface area (Å²) in [5.74, 6) is 0.624. The molecule has 0 spiro atoms. The molecule has 1 unspecified atom stereocenters. The molecule has 0 bridgehead atoms. The maximum Gasteiger partial charge on any atom is 0.0459 e. The predicted molar refractivity (Wildman–Crippen MR) is 61.1 cm³/mol. The minimum Gasteiger partial charge on any atom is -0.265 e. The number of rotatable bonds is 2. The molecule has 0 aromatic heterocycles. The molecule has 1 aliphatic carbocycles. The van der Waals surface area contributed by atoms with Crippen LogP contribution in [0.4, 0.5) is 0 Å². The fraction of sp³-hybridized carbons (Fsp3) is 0.583. The van der Waals surface area contributed by atoms with Crippen LogP contribution in [0.15, 0.2) is 28.9 Å². The van der Waals surface area contributed by atoms with Gasteiger partial charge in [0.15, 0.2) is 0 Å². The second-order valence-corrected chi connectivity index (χ2v) is 2.94. The number of allylic oxidation sites excluding steroid dienone is 3. The van der Waals surface area contributed by atoms with E-state index in [4.69, 9.17) is 0 Å². The van der Waals surface area contributed by atoms with E-state index in [1.165, 1.54) is 17.7 Å². The van der Waals surface area contributed by atoms with Gasteiger partial charge in [-0.05, 0) is 31.3 Å². The van der Waals surface area contributed by atoms with Crippen molar-refractivity contribution in [3.8, 4) is 0 Å². The van der Waals surface area contributed by atoms with Gasteiger partial charge in [-0.25, -0.2) is 0 Å². The molecular formula is C12H21N. The van der Waals surface area contributed by atoms with Crippen LogP contribution < -0.4 is 0 Å².